The Kier molecular flexibility index (Phi) is 4.25. The van der Waals surface area contributed by atoms with E-state index in [0.29, 0.717) is 27.9 Å². The smallest absolute Gasteiger partial charge is 0.343 e. The van der Waals surface area contributed by atoms with Crippen LogP contribution < -0.4 is 5.56 Å². The number of halogens is 2. The molecule has 2 aliphatic heterocycles. The van der Waals surface area contributed by atoms with Crippen LogP contribution in [0.15, 0.2) is 23.0 Å². The van der Waals surface area contributed by atoms with Gasteiger partial charge in [-0.3, -0.25) is 4.79 Å². The summed E-state index contributed by atoms with van der Waals surface area (Å²) >= 11 is 0. The molecule has 0 bridgehead atoms. The summed E-state index contributed by atoms with van der Waals surface area (Å²) in [6.07, 6.45) is 0.176. The summed E-state index contributed by atoms with van der Waals surface area (Å²) in [5.41, 5.74) is 0.0823. The molecule has 0 radical (unpaired) electrons. The topological polar surface area (TPSA) is 102 Å². The van der Waals surface area contributed by atoms with Gasteiger partial charge in [0, 0.05) is 29.2 Å². The maximum absolute atomic E-state index is 13.9. The van der Waals surface area contributed by atoms with Gasteiger partial charge in [0.1, 0.15) is 6.61 Å². The SMILES string of the molecule is CC[C@@]1(O)C(=O)OCc2c1cc1n(c2=O)Cc2c-1nc1cc(F)c(F)cc1c2CCO. The normalized spacial score (nSPS) is 19.2. The van der Waals surface area contributed by atoms with E-state index in [-0.39, 0.29) is 49.2 Å². The third-order valence-corrected chi connectivity index (χ3v) is 6.21. The van der Waals surface area contributed by atoms with E-state index in [1.54, 1.807) is 13.0 Å². The molecule has 1 atom stereocenters. The minimum Gasteiger partial charge on any atom is -0.458 e. The lowest BCUT2D eigenvalue weighted by molar-refractivity contribution is -0.172. The van der Waals surface area contributed by atoms with Crippen LogP contribution in [0.4, 0.5) is 8.78 Å². The van der Waals surface area contributed by atoms with Gasteiger partial charge in [-0.2, -0.15) is 0 Å². The van der Waals surface area contributed by atoms with E-state index >= 15 is 0 Å². The zero-order valence-electron chi connectivity index (χ0n) is 16.5. The largest absolute Gasteiger partial charge is 0.458 e. The van der Waals surface area contributed by atoms with E-state index in [2.05, 4.69) is 4.98 Å². The molecule has 0 unspecified atom stereocenters. The summed E-state index contributed by atoms with van der Waals surface area (Å²) in [4.78, 5) is 29.9. The molecule has 0 amide bonds. The number of carbonyl (C=O) groups excluding carboxylic acids is 1. The Morgan fingerprint density at radius 1 is 1.19 bits per heavy atom. The molecule has 0 aliphatic carbocycles. The number of rotatable bonds is 3. The second-order valence-electron chi connectivity index (χ2n) is 7.78. The van der Waals surface area contributed by atoms with E-state index < -0.39 is 28.8 Å². The third kappa shape index (κ3) is 2.60. The highest BCUT2D eigenvalue weighted by Gasteiger charge is 2.45. The van der Waals surface area contributed by atoms with E-state index in [4.69, 9.17) is 4.74 Å². The monoisotopic (exact) mass is 428 g/mol. The summed E-state index contributed by atoms with van der Waals surface area (Å²) in [5, 5.41) is 20.8. The van der Waals surface area contributed by atoms with Crippen LogP contribution in [0.1, 0.15) is 35.6 Å². The molecular formula is C22H18F2N2O5. The van der Waals surface area contributed by atoms with Crippen LogP contribution >= 0.6 is 0 Å². The molecule has 3 aromatic rings. The number of pyridine rings is 2. The molecule has 0 saturated heterocycles. The van der Waals surface area contributed by atoms with Gasteiger partial charge in [-0.15, -0.1) is 0 Å². The molecule has 2 aliphatic rings. The third-order valence-electron chi connectivity index (χ3n) is 6.21. The summed E-state index contributed by atoms with van der Waals surface area (Å²) in [6.45, 7) is 1.25. The molecule has 9 heteroatoms. The highest BCUT2D eigenvalue weighted by Crippen LogP contribution is 2.40. The quantitative estimate of drug-likeness (QED) is 0.484. The number of cyclic esters (lactones) is 1. The molecule has 7 nitrogen and oxygen atoms in total. The number of aliphatic hydroxyl groups is 2. The Morgan fingerprint density at radius 3 is 2.65 bits per heavy atom. The van der Waals surface area contributed by atoms with Crippen molar-refractivity contribution in [1.82, 2.24) is 9.55 Å². The Morgan fingerprint density at radius 2 is 1.94 bits per heavy atom. The van der Waals surface area contributed by atoms with Gasteiger partial charge in [-0.1, -0.05) is 6.92 Å². The summed E-state index contributed by atoms with van der Waals surface area (Å²) < 4.78 is 34.3. The zero-order chi connectivity index (χ0) is 22.1. The van der Waals surface area contributed by atoms with Gasteiger partial charge in [0.2, 0.25) is 0 Å². The number of aliphatic hydroxyl groups excluding tert-OH is 1. The van der Waals surface area contributed by atoms with Crippen molar-refractivity contribution in [3.63, 3.8) is 0 Å². The lowest BCUT2D eigenvalue weighted by Crippen LogP contribution is -2.44. The first-order valence-corrected chi connectivity index (χ1v) is 9.88. The number of ether oxygens (including phenoxy) is 1. The maximum Gasteiger partial charge on any atom is 0.343 e. The number of benzene rings is 1. The van der Waals surface area contributed by atoms with Crippen molar-refractivity contribution < 1.29 is 28.5 Å². The predicted molar refractivity (Wildman–Crippen MR) is 105 cm³/mol. The van der Waals surface area contributed by atoms with E-state index in [9.17, 15) is 28.6 Å². The van der Waals surface area contributed by atoms with Crippen molar-refractivity contribution >= 4 is 16.9 Å². The minimum absolute atomic E-state index is 0.0139. The fraction of sp³-hybridized carbons (Fsp3) is 0.318. The number of aromatic nitrogens is 2. The van der Waals surface area contributed by atoms with Crippen molar-refractivity contribution in [3.05, 3.63) is 62.4 Å². The van der Waals surface area contributed by atoms with Crippen LogP contribution in [0, 0.1) is 11.6 Å². The second-order valence-corrected chi connectivity index (χ2v) is 7.78. The number of nitrogens with zero attached hydrogens (tertiary/aromatic N) is 2. The first-order valence-electron chi connectivity index (χ1n) is 9.88. The molecule has 5 rings (SSSR count). The Hall–Kier alpha value is -3.17. The number of carbonyl (C=O) groups is 1. The van der Waals surface area contributed by atoms with Crippen LogP contribution in [0.5, 0.6) is 0 Å². The van der Waals surface area contributed by atoms with Crippen molar-refractivity contribution in [2.75, 3.05) is 6.61 Å². The van der Waals surface area contributed by atoms with Gasteiger partial charge in [0.25, 0.3) is 5.56 Å². The highest BCUT2D eigenvalue weighted by atomic mass is 19.2. The van der Waals surface area contributed by atoms with Crippen LogP contribution in [0.25, 0.3) is 22.3 Å². The van der Waals surface area contributed by atoms with Crippen molar-refractivity contribution in [1.29, 1.82) is 0 Å². The summed E-state index contributed by atoms with van der Waals surface area (Å²) in [6, 6.07) is 3.57. The van der Waals surface area contributed by atoms with Crippen molar-refractivity contribution in [2.45, 2.75) is 38.5 Å². The number of hydrogen-bond donors (Lipinski definition) is 2. The minimum atomic E-state index is -1.95. The van der Waals surface area contributed by atoms with Gasteiger partial charge in [0.15, 0.2) is 17.2 Å². The Labute approximate surface area is 174 Å². The van der Waals surface area contributed by atoms with Crippen molar-refractivity contribution in [2.24, 2.45) is 0 Å². The zero-order valence-corrected chi connectivity index (χ0v) is 16.5. The maximum atomic E-state index is 13.9. The number of esters is 1. The highest BCUT2D eigenvalue weighted by molar-refractivity contribution is 5.89. The van der Waals surface area contributed by atoms with Gasteiger partial charge < -0.3 is 19.5 Å². The predicted octanol–water partition coefficient (Wildman–Crippen LogP) is 1.89. The molecule has 31 heavy (non-hydrogen) atoms. The first-order chi connectivity index (χ1) is 14.8. The first kappa shape index (κ1) is 19.8. The molecule has 0 saturated carbocycles. The Bertz CT molecular complexity index is 1350. The average molecular weight is 428 g/mol. The second kappa shape index (κ2) is 6.66. The van der Waals surface area contributed by atoms with E-state index in [0.717, 1.165) is 12.1 Å². The van der Waals surface area contributed by atoms with Gasteiger partial charge in [-0.05, 0) is 30.5 Å². The average Bonchev–Trinajstić information content (AvgIpc) is 3.11. The molecule has 2 aromatic heterocycles. The lowest BCUT2D eigenvalue weighted by Gasteiger charge is -2.31. The molecule has 0 spiro atoms. The van der Waals surface area contributed by atoms with Crippen molar-refractivity contribution in [3.8, 4) is 11.4 Å². The van der Waals surface area contributed by atoms with Crippen LogP contribution in [0.3, 0.4) is 0 Å². The lowest BCUT2D eigenvalue weighted by atomic mass is 9.86. The number of hydrogen-bond acceptors (Lipinski definition) is 6. The molecule has 1 aromatic carbocycles. The standard InChI is InChI=1S/C22H18F2N2O5/c1-2-22(30)14-6-18-19-12(8-26(18)20(28)13(14)9-31-21(22)29)10(3-4-27)11-5-15(23)16(24)7-17(11)25-19/h5-7,27,30H,2-4,8-9H2,1H3/t22-/m0/s1. The van der Waals surface area contributed by atoms with Crippen LogP contribution in [0.2, 0.25) is 0 Å². The molecule has 0 fully saturated rings. The van der Waals surface area contributed by atoms with Gasteiger partial charge in [-0.25, -0.2) is 18.6 Å². The van der Waals surface area contributed by atoms with Gasteiger partial charge >= 0.3 is 5.97 Å². The van der Waals surface area contributed by atoms with Crippen LogP contribution in [-0.4, -0.2) is 32.3 Å². The molecular weight excluding hydrogens is 410 g/mol. The van der Waals surface area contributed by atoms with Crippen LogP contribution in [-0.2, 0) is 34.7 Å². The molecule has 4 heterocycles. The fourth-order valence-electron chi connectivity index (χ4n) is 4.55. The van der Waals surface area contributed by atoms with Gasteiger partial charge in [0.05, 0.1) is 29.0 Å². The number of fused-ring (bicyclic) bond motifs is 5. The van der Waals surface area contributed by atoms with E-state index in [1.165, 1.54) is 4.57 Å². The summed E-state index contributed by atoms with van der Waals surface area (Å²) in [7, 11) is 0. The Balaban J connectivity index is 1.84. The molecule has 2 N–H and O–H groups in total. The fourth-order valence-corrected chi connectivity index (χ4v) is 4.55. The summed E-state index contributed by atoms with van der Waals surface area (Å²) in [5.74, 6) is -2.91. The molecule has 160 valence electrons. The van der Waals surface area contributed by atoms with E-state index in [1.807, 2.05) is 0 Å².